The van der Waals surface area contributed by atoms with Gasteiger partial charge in [0.15, 0.2) is 0 Å². The van der Waals surface area contributed by atoms with Crippen LogP contribution >= 0.6 is 0 Å². The Bertz CT molecular complexity index is 797. The molecule has 0 spiro atoms. The van der Waals surface area contributed by atoms with Crippen LogP contribution in [0.25, 0.3) is 0 Å². The van der Waals surface area contributed by atoms with Gasteiger partial charge in [-0.05, 0) is 12.8 Å². The molecular formula is C17H24N6O7. The quantitative estimate of drug-likeness (QED) is 0.233. The summed E-state index contributed by atoms with van der Waals surface area (Å²) in [5.41, 5.74) is 5.96. The normalized spacial score (nSPS) is 17.8. The Labute approximate surface area is 171 Å². The molecular weight excluding hydrogens is 400 g/mol. The second-order valence-electron chi connectivity index (χ2n) is 6.85. The van der Waals surface area contributed by atoms with Gasteiger partial charge in [-0.2, -0.15) is 0 Å². The third kappa shape index (κ3) is 6.27. The van der Waals surface area contributed by atoms with E-state index in [0.29, 0.717) is 18.5 Å². The number of aliphatic carboxylic acids is 2. The van der Waals surface area contributed by atoms with Crippen molar-refractivity contribution in [1.29, 1.82) is 0 Å². The number of carbonyl (C=O) groups excluding carboxylic acids is 3. The molecule has 0 bridgehead atoms. The number of likely N-dealkylation sites (tertiary alicyclic amines) is 1. The van der Waals surface area contributed by atoms with E-state index in [4.69, 9.17) is 10.8 Å². The zero-order chi connectivity index (χ0) is 22.3. The topological polar surface area (TPSA) is 208 Å². The summed E-state index contributed by atoms with van der Waals surface area (Å²) in [5.74, 6) is -4.43. The zero-order valence-corrected chi connectivity index (χ0v) is 16.0. The highest BCUT2D eigenvalue weighted by Gasteiger charge is 2.36. The highest BCUT2D eigenvalue weighted by Crippen LogP contribution is 2.18. The first-order chi connectivity index (χ1) is 14.2. The monoisotopic (exact) mass is 424 g/mol. The van der Waals surface area contributed by atoms with E-state index in [0.717, 1.165) is 0 Å². The van der Waals surface area contributed by atoms with E-state index in [2.05, 4.69) is 20.6 Å². The zero-order valence-electron chi connectivity index (χ0n) is 16.0. The summed E-state index contributed by atoms with van der Waals surface area (Å²) in [6, 6.07) is -3.37. The van der Waals surface area contributed by atoms with Crippen LogP contribution in [0.15, 0.2) is 12.5 Å². The number of hydrogen-bond acceptors (Lipinski definition) is 7. The number of nitrogens with one attached hydrogen (secondary N) is 3. The Balaban J connectivity index is 1.92. The number of carboxylic acid groups (broad SMARTS) is 2. The van der Waals surface area contributed by atoms with Gasteiger partial charge in [-0.3, -0.25) is 19.2 Å². The van der Waals surface area contributed by atoms with Crippen LogP contribution in [0.3, 0.4) is 0 Å². The van der Waals surface area contributed by atoms with E-state index in [1.807, 2.05) is 0 Å². The summed E-state index contributed by atoms with van der Waals surface area (Å²) < 4.78 is 0. The first-order valence-electron chi connectivity index (χ1n) is 9.24. The lowest BCUT2D eigenvalue weighted by atomic mass is 10.1. The lowest BCUT2D eigenvalue weighted by Gasteiger charge is -2.25. The predicted molar refractivity (Wildman–Crippen MR) is 99.8 cm³/mol. The average Bonchev–Trinajstić information content (AvgIpc) is 3.36. The minimum Gasteiger partial charge on any atom is -0.481 e. The van der Waals surface area contributed by atoms with Crippen LogP contribution in [0.2, 0.25) is 0 Å². The number of imidazole rings is 1. The third-order valence-electron chi connectivity index (χ3n) is 4.61. The molecule has 1 aliphatic heterocycles. The van der Waals surface area contributed by atoms with E-state index >= 15 is 0 Å². The van der Waals surface area contributed by atoms with E-state index in [9.17, 15) is 29.1 Å². The first kappa shape index (κ1) is 22.8. The fourth-order valence-corrected chi connectivity index (χ4v) is 3.10. The molecule has 2 heterocycles. The number of carboxylic acids is 2. The Morgan fingerprint density at radius 3 is 2.63 bits per heavy atom. The number of H-pyrrole nitrogens is 1. The van der Waals surface area contributed by atoms with Crippen molar-refractivity contribution in [3.63, 3.8) is 0 Å². The number of rotatable bonds is 10. The number of nitrogens with two attached hydrogens (primary N) is 1. The van der Waals surface area contributed by atoms with Gasteiger partial charge in [0.05, 0.1) is 25.3 Å². The molecule has 0 radical (unpaired) electrons. The second kappa shape index (κ2) is 10.3. The molecule has 164 valence electrons. The van der Waals surface area contributed by atoms with Gasteiger partial charge in [-0.1, -0.05) is 0 Å². The Morgan fingerprint density at radius 1 is 1.30 bits per heavy atom. The van der Waals surface area contributed by atoms with E-state index in [-0.39, 0.29) is 13.0 Å². The maximum atomic E-state index is 12.6. The summed E-state index contributed by atoms with van der Waals surface area (Å²) >= 11 is 0. The fraction of sp³-hybridized carbons (Fsp3) is 0.529. The number of nitrogens with zero attached hydrogens (tertiary/aromatic N) is 2. The van der Waals surface area contributed by atoms with Crippen LogP contribution < -0.4 is 16.4 Å². The smallest absolute Gasteiger partial charge is 0.326 e. The lowest BCUT2D eigenvalue weighted by molar-refractivity contribution is -0.144. The molecule has 3 unspecified atom stereocenters. The van der Waals surface area contributed by atoms with Crippen LogP contribution in [0.5, 0.6) is 0 Å². The van der Waals surface area contributed by atoms with Gasteiger partial charge in [-0.25, -0.2) is 9.78 Å². The lowest BCUT2D eigenvalue weighted by Crippen LogP contribution is -2.53. The number of carbonyl (C=O) groups is 5. The van der Waals surface area contributed by atoms with Gasteiger partial charge in [0.1, 0.15) is 12.1 Å². The van der Waals surface area contributed by atoms with Crippen LogP contribution in [-0.4, -0.2) is 86.0 Å². The van der Waals surface area contributed by atoms with Gasteiger partial charge in [0.2, 0.25) is 17.7 Å². The van der Waals surface area contributed by atoms with Gasteiger partial charge >= 0.3 is 11.9 Å². The van der Waals surface area contributed by atoms with Gasteiger partial charge < -0.3 is 36.5 Å². The highest BCUT2D eigenvalue weighted by atomic mass is 16.4. The Kier molecular flexibility index (Phi) is 7.86. The fourth-order valence-electron chi connectivity index (χ4n) is 3.10. The van der Waals surface area contributed by atoms with Crippen molar-refractivity contribution < 1.29 is 34.2 Å². The SMILES string of the molecule is NC(CC(=O)O)C(=O)NCC(=O)N1CCCC1C(=O)NC(Cc1cnc[nH]1)C(=O)O. The average molecular weight is 424 g/mol. The molecule has 2 rings (SSSR count). The molecule has 13 nitrogen and oxygen atoms in total. The van der Waals surface area contributed by atoms with Crippen molar-refractivity contribution in [2.45, 2.75) is 43.8 Å². The van der Waals surface area contributed by atoms with Gasteiger partial charge in [-0.15, -0.1) is 0 Å². The van der Waals surface area contributed by atoms with E-state index < -0.39 is 60.8 Å². The molecule has 0 aromatic carbocycles. The first-order valence-corrected chi connectivity index (χ1v) is 9.24. The Hall–Kier alpha value is -3.48. The summed E-state index contributed by atoms with van der Waals surface area (Å²) in [7, 11) is 0. The van der Waals surface area contributed by atoms with Crippen LogP contribution in [-0.2, 0) is 30.4 Å². The molecule has 1 saturated heterocycles. The largest absolute Gasteiger partial charge is 0.481 e. The maximum absolute atomic E-state index is 12.6. The van der Waals surface area contributed by atoms with Gasteiger partial charge in [0, 0.05) is 24.9 Å². The van der Waals surface area contributed by atoms with Crippen molar-refractivity contribution in [2.75, 3.05) is 13.1 Å². The summed E-state index contributed by atoms with van der Waals surface area (Å²) in [5, 5.41) is 22.7. The third-order valence-corrected chi connectivity index (χ3v) is 4.61. The number of hydrogen-bond donors (Lipinski definition) is 6. The summed E-state index contributed by atoms with van der Waals surface area (Å²) in [4.78, 5) is 66.7. The molecule has 13 heteroatoms. The van der Waals surface area contributed by atoms with Crippen molar-refractivity contribution in [3.05, 3.63) is 18.2 Å². The molecule has 0 aliphatic carbocycles. The molecule has 1 aromatic heterocycles. The van der Waals surface area contributed by atoms with Crippen LogP contribution in [0.4, 0.5) is 0 Å². The molecule has 0 saturated carbocycles. The van der Waals surface area contributed by atoms with E-state index in [1.54, 1.807) is 0 Å². The van der Waals surface area contributed by atoms with Crippen molar-refractivity contribution in [2.24, 2.45) is 5.73 Å². The second-order valence-corrected chi connectivity index (χ2v) is 6.85. The molecule has 3 atom stereocenters. The molecule has 7 N–H and O–H groups in total. The van der Waals surface area contributed by atoms with Crippen LogP contribution in [0, 0.1) is 0 Å². The number of aromatic nitrogens is 2. The van der Waals surface area contributed by atoms with Crippen LogP contribution in [0.1, 0.15) is 25.0 Å². The summed E-state index contributed by atoms with van der Waals surface area (Å²) in [6.45, 7) is -0.182. The minimum absolute atomic E-state index is 0.000731. The number of aromatic amines is 1. The molecule has 1 aromatic rings. The van der Waals surface area contributed by atoms with Crippen molar-refractivity contribution in [1.82, 2.24) is 25.5 Å². The Morgan fingerprint density at radius 2 is 2.03 bits per heavy atom. The predicted octanol–water partition coefficient (Wildman–Crippen LogP) is -2.57. The molecule has 30 heavy (non-hydrogen) atoms. The minimum atomic E-state index is -1.30. The van der Waals surface area contributed by atoms with Crippen molar-refractivity contribution in [3.8, 4) is 0 Å². The van der Waals surface area contributed by atoms with Crippen molar-refractivity contribution >= 4 is 29.7 Å². The van der Waals surface area contributed by atoms with E-state index in [1.165, 1.54) is 17.4 Å². The van der Waals surface area contributed by atoms with Gasteiger partial charge in [0.25, 0.3) is 0 Å². The molecule has 1 aliphatic rings. The standard InChI is InChI=1S/C17H24N6O7/c18-10(5-14(25)26)15(27)20-7-13(24)23-3-1-2-12(23)16(28)22-11(17(29)30)4-9-6-19-8-21-9/h6,8,10-12H,1-5,7,18H2,(H,19,21)(H,20,27)(H,22,28)(H,25,26)(H,29,30). The maximum Gasteiger partial charge on any atom is 0.326 e. The summed E-state index contributed by atoms with van der Waals surface area (Å²) in [6.07, 6.45) is 3.14. The highest BCUT2D eigenvalue weighted by molar-refractivity contribution is 5.93. The molecule has 1 fully saturated rings. The molecule has 3 amide bonds. The number of amides is 3.